The molecule has 2 aromatic carbocycles. The van der Waals surface area contributed by atoms with Crippen LogP contribution in [0.1, 0.15) is 21.5 Å². The summed E-state index contributed by atoms with van der Waals surface area (Å²) in [6.07, 6.45) is 1.62. The molecule has 0 aliphatic heterocycles. The van der Waals surface area contributed by atoms with Gasteiger partial charge >= 0.3 is 0 Å². The fourth-order valence-electron chi connectivity index (χ4n) is 2.55. The average Bonchev–Trinajstić information content (AvgIpc) is 3.06. The zero-order valence-electron chi connectivity index (χ0n) is 14.1. The Kier molecular flexibility index (Phi) is 5.93. The lowest BCUT2D eigenvalue weighted by Crippen LogP contribution is -2.16. The highest BCUT2D eigenvalue weighted by Crippen LogP contribution is 2.26. The third-order valence-corrected chi connectivity index (χ3v) is 4.67. The van der Waals surface area contributed by atoms with Crippen LogP contribution in [0.2, 0.25) is 10.0 Å². The monoisotopic (exact) mass is 389 g/mol. The number of carbonyl (C=O) groups excluding carboxylic acids is 1. The van der Waals surface area contributed by atoms with Crippen LogP contribution < -0.4 is 5.32 Å². The van der Waals surface area contributed by atoms with Crippen molar-refractivity contribution in [1.82, 2.24) is 9.78 Å². The smallest absolute Gasteiger partial charge is 0.256 e. The summed E-state index contributed by atoms with van der Waals surface area (Å²) in [7, 11) is 1.62. The lowest BCUT2D eigenvalue weighted by Gasteiger charge is -2.11. The molecule has 0 saturated carbocycles. The topological polar surface area (TPSA) is 56.1 Å². The molecule has 1 amide bonds. The van der Waals surface area contributed by atoms with Crippen LogP contribution in [-0.4, -0.2) is 22.8 Å². The molecular formula is C19H17Cl2N3O2. The molecule has 3 aromatic rings. The summed E-state index contributed by atoms with van der Waals surface area (Å²) < 4.78 is 6.77. The van der Waals surface area contributed by atoms with Gasteiger partial charge in [0.25, 0.3) is 5.91 Å². The number of ether oxygens (including phenoxy) is 1. The number of hydrogen-bond acceptors (Lipinski definition) is 3. The van der Waals surface area contributed by atoms with Crippen molar-refractivity contribution < 1.29 is 9.53 Å². The maximum absolute atomic E-state index is 12.6. The Bertz CT molecular complexity index is 925. The van der Waals surface area contributed by atoms with Crippen LogP contribution in [0, 0.1) is 0 Å². The minimum absolute atomic E-state index is 0.220. The highest BCUT2D eigenvalue weighted by atomic mass is 35.5. The summed E-state index contributed by atoms with van der Waals surface area (Å²) in [6, 6.07) is 14.4. The normalized spacial score (nSPS) is 10.7. The summed E-state index contributed by atoms with van der Waals surface area (Å²) in [5.74, 6) is 0.352. The first kappa shape index (κ1) is 18.5. The molecule has 0 aliphatic rings. The fraction of sp³-hybridized carbons (Fsp3) is 0.158. The number of hydrogen-bond donors (Lipinski definition) is 1. The van der Waals surface area contributed by atoms with Gasteiger partial charge in [-0.2, -0.15) is 5.10 Å². The van der Waals surface area contributed by atoms with Crippen LogP contribution in [0.25, 0.3) is 0 Å². The number of nitrogens with one attached hydrogen (secondary N) is 1. The standard InChI is InChI=1S/C19H17Cl2N3O2/c1-26-12-13-4-2-5-14(10-13)19(25)23-17-8-9-22-24(17)11-15-6-3-7-16(20)18(15)21/h2-10H,11-12H2,1H3,(H,23,25). The van der Waals surface area contributed by atoms with Crippen LogP contribution in [0.4, 0.5) is 5.82 Å². The van der Waals surface area contributed by atoms with Gasteiger partial charge < -0.3 is 10.1 Å². The molecule has 5 nitrogen and oxygen atoms in total. The second-order valence-corrected chi connectivity index (χ2v) is 6.46. The van der Waals surface area contributed by atoms with Gasteiger partial charge in [-0.25, -0.2) is 4.68 Å². The molecule has 0 radical (unpaired) electrons. The minimum Gasteiger partial charge on any atom is -0.380 e. The molecule has 1 aromatic heterocycles. The van der Waals surface area contributed by atoms with Crippen LogP contribution in [-0.2, 0) is 17.9 Å². The van der Waals surface area contributed by atoms with Crippen molar-refractivity contribution in [3.63, 3.8) is 0 Å². The van der Waals surface area contributed by atoms with E-state index in [1.165, 1.54) is 0 Å². The fourth-order valence-corrected chi connectivity index (χ4v) is 2.93. The van der Waals surface area contributed by atoms with E-state index in [2.05, 4.69) is 10.4 Å². The Morgan fingerprint density at radius 2 is 2.00 bits per heavy atom. The van der Waals surface area contributed by atoms with Gasteiger partial charge in [-0.05, 0) is 29.3 Å². The van der Waals surface area contributed by atoms with Gasteiger partial charge in [0, 0.05) is 18.7 Å². The summed E-state index contributed by atoms with van der Waals surface area (Å²) in [4.78, 5) is 12.6. The van der Waals surface area contributed by atoms with Gasteiger partial charge in [-0.15, -0.1) is 0 Å². The largest absolute Gasteiger partial charge is 0.380 e. The maximum atomic E-state index is 12.6. The third kappa shape index (κ3) is 4.25. The lowest BCUT2D eigenvalue weighted by atomic mass is 10.1. The molecule has 1 N–H and O–H groups in total. The molecule has 0 unspecified atom stereocenters. The molecular weight excluding hydrogens is 373 g/mol. The van der Waals surface area contributed by atoms with E-state index in [0.717, 1.165) is 11.1 Å². The van der Waals surface area contributed by atoms with Crippen LogP contribution in [0.3, 0.4) is 0 Å². The van der Waals surface area contributed by atoms with Crippen molar-refractivity contribution in [2.24, 2.45) is 0 Å². The number of nitrogens with zero attached hydrogens (tertiary/aromatic N) is 2. The molecule has 3 rings (SSSR count). The van der Waals surface area contributed by atoms with E-state index in [1.807, 2.05) is 24.3 Å². The predicted octanol–water partition coefficient (Wildman–Crippen LogP) is 4.64. The zero-order chi connectivity index (χ0) is 18.5. The van der Waals surface area contributed by atoms with Crippen LogP contribution in [0.15, 0.2) is 54.7 Å². The van der Waals surface area contributed by atoms with E-state index in [4.69, 9.17) is 27.9 Å². The van der Waals surface area contributed by atoms with E-state index in [9.17, 15) is 4.79 Å². The van der Waals surface area contributed by atoms with E-state index >= 15 is 0 Å². The van der Waals surface area contributed by atoms with Crippen molar-refractivity contribution in [3.05, 3.63) is 81.5 Å². The van der Waals surface area contributed by atoms with Crippen molar-refractivity contribution in [3.8, 4) is 0 Å². The number of rotatable bonds is 6. The first-order valence-electron chi connectivity index (χ1n) is 7.92. The maximum Gasteiger partial charge on any atom is 0.256 e. The van der Waals surface area contributed by atoms with E-state index in [1.54, 1.807) is 42.3 Å². The second-order valence-electron chi connectivity index (χ2n) is 5.67. The van der Waals surface area contributed by atoms with Crippen molar-refractivity contribution >= 4 is 34.9 Å². The first-order valence-corrected chi connectivity index (χ1v) is 8.68. The SMILES string of the molecule is COCc1cccc(C(=O)Nc2ccnn2Cc2cccc(Cl)c2Cl)c1. The lowest BCUT2D eigenvalue weighted by molar-refractivity contribution is 0.102. The quantitative estimate of drug-likeness (QED) is 0.667. The Morgan fingerprint density at radius 1 is 1.19 bits per heavy atom. The molecule has 0 fully saturated rings. The van der Waals surface area contributed by atoms with Gasteiger partial charge in [-0.1, -0.05) is 47.5 Å². The molecule has 7 heteroatoms. The Balaban J connectivity index is 1.77. The highest BCUT2D eigenvalue weighted by Gasteiger charge is 2.12. The second kappa shape index (κ2) is 8.36. The van der Waals surface area contributed by atoms with Crippen molar-refractivity contribution in [2.75, 3.05) is 12.4 Å². The van der Waals surface area contributed by atoms with Crippen LogP contribution >= 0.6 is 23.2 Å². The number of anilines is 1. The molecule has 0 saturated heterocycles. The van der Waals surface area contributed by atoms with Crippen molar-refractivity contribution in [2.45, 2.75) is 13.2 Å². The number of carbonyl (C=O) groups is 1. The number of methoxy groups -OCH3 is 1. The number of aromatic nitrogens is 2. The molecule has 1 heterocycles. The molecule has 0 bridgehead atoms. The Hall–Kier alpha value is -2.34. The molecule has 0 atom stereocenters. The van der Waals surface area contributed by atoms with Gasteiger partial charge in [0.15, 0.2) is 0 Å². The number of amides is 1. The summed E-state index contributed by atoms with van der Waals surface area (Å²) in [6.45, 7) is 0.845. The number of halogens is 2. The van der Waals surface area contributed by atoms with Gasteiger partial charge in [0.2, 0.25) is 0 Å². The minimum atomic E-state index is -0.220. The Morgan fingerprint density at radius 3 is 2.81 bits per heavy atom. The zero-order valence-corrected chi connectivity index (χ0v) is 15.6. The van der Waals surface area contributed by atoms with E-state index in [0.29, 0.717) is 34.6 Å². The predicted molar refractivity (Wildman–Crippen MR) is 103 cm³/mol. The van der Waals surface area contributed by atoms with Crippen LogP contribution in [0.5, 0.6) is 0 Å². The van der Waals surface area contributed by atoms with Crippen molar-refractivity contribution in [1.29, 1.82) is 0 Å². The van der Waals surface area contributed by atoms with E-state index in [-0.39, 0.29) is 5.91 Å². The van der Waals surface area contributed by atoms with Gasteiger partial charge in [0.05, 0.1) is 29.4 Å². The third-order valence-electron chi connectivity index (χ3n) is 3.81. The molecule has 0 spiro atoms. The molecule has 134 valence electrons. The van der Waals surface area contributed by atoms with Gasteiger partial charge in [0.1, 0.15) is 5.82 Å². The summed E-state index contributed by atoms with van der Waals surface area (Å²) in [5.41, 5.74) is 2.30. The molecule has 0 aliphatic carbocycles. The molecule has 26 heavy (non-hydrogen) atoms. The van der Waals surface area contributed by atoms with Gasteiger partial charge in [-0.3, -0.25) is 4.79 Å². The average molecular weight is 390 g/mol. The summed E-state index contributed by atoms with van der Waals surface area (Å²) >= 11 is 12.3. The summed E-state index contributed by atoms with van der Waals surface area (Å²) in [5, 5.41) is 8.10. The first-order chi connectivity index (χ1) is 12.6. The Labute approximate surface area is 161 Å². The number of benzene rings is 2. The van der Waals surface area contributed by atoms with E-state index < -0.39 is 0 Å². The highest BCUT2D eigenvalue weighted by molar-refractivity contribution is 6.42.